The molecule has 0 unspecified atom stereocenters. The normalized spacial score (nSPS) is 11.2. The van der Waals surface area contributed by atoms with Gasteiger partial charge in [0.25, 0.3) is 5.91 Å². The van der Waals surface area contributed by atoms with Crippen molar-refractivity contribution in [1.82, 2.24) is 4.98 Å². The zero-order chi connectivity index (χ0) is 21.9. The first kappa shape index (κ1) is 22.1. The van der Waals surface area contributed by atoms with Crippen LogP contribution in [0.3, 0.4) is 0 Å². The average molecular weight is 441 g/mol. The summed E-state index contributed by atoms with van der Waals surface area (Å²) in [7, 11) is 0. The SMILES string of the molecule is CSc1ccc(-c2nc(NC(=O)c3ccc(OC(=O)C(C)(C)C)cc3)sc2C)cc1. The summed E-state index contributed by atoms with van der Waals surface area (Å²) >= 11 is 3.13. The maximum Gasteiger partial charge on any atom is 0.316 e. The highest BCUT2D eigenvalue weighted by molar-refractivity contribution is 7.98. The van der Waals surface area contributed by atoms with Gasteiger partial charge in [0.2, 0.25) is 0 Å². The van der Waals surface area contributed by atoms with Crippen molar-refractivity contribution < 1.29 is 14.3 Å². The van der Waals surface area contributed by atoms with Gasteiger partial charge in [0.15, 0.2) is 5.13 Å². The van der Waals surface area contributed by atoms with Crippen LogP contribution in [0.2, 0.25) is 0 Å². The van der Waals surface area contributed by atoms with E-state index in [-0.39, 0.29) is 11.9 Å². The Morgan fingerprint density at radius 3 is 2.23 bits per heavy atom. The lowest BCUT2D eigenvalue weighted by atomic mass is 9.97. The third-order valence-corrected chi connectivity index (χ3v) is 5.95. The molecule has 0 aliphatic carbocycles. The quantitative estimate of drug-likeness (QED) is 0.297. The molecule has 3 rings (SSSR count). The first-order chi connectivity index (χ1) is 14.2. The minimum atomic E-state index is -0.591. The Hall–Kier alpha value is -2.64. The van der Waals surface area contributed by atoms with E-state index in [4.69, 9.17) is 4.74 Å². The van der Waals surface area contributed by atoms with Gasteiger partial charge in [-0.3, -0.25) is 14.9 Å². The van der Waals surface area contributed by atoms with Gasteiger partial charge in [-0.15, -0.1) is 23.1 Å². The Morgan fingerprint density at radius 2 is 1.67 bits per heavy atom. The zero-order valence-corrected chi connectivity index (χ0v) is 19.2. The van der Waals surface area contributed by atoms with Gasteiger partial charge >= 0.3 is 5.97 Å². The standard InChI is InChI=1S/C23H24N2O3S2/c1-14-19(15-8-12-18(29-5)13-9-15)24-22(30-14)25-20(26)16-6-10-17(11-7-16)28-21(27)23(2,3)4/h6-13H,1-5H3,(H,24,25,26). The number of hydrogen-bond acceptors (Lipinski definition) is 6. The fraction of sp³-hybridized carbons (Fsp3) is 0.261. The predicted molar refractivity (Wildman–Crippen MR) is 124 cm³/mol. The van der Waals surface area contributed by atoms with Gasteiger partial charge in [0.1, 0.15) is 5.75 Å². The van der Waals surface area contributed by atoms with Crippen LogP contribution in [0, 0.1) is 12.3 Å². The molecule has 30 heavy (non-hydrogen) atoms. The summed E-state index contributed by atoms with van der Waals surface area (Å²) in [4.78, 5) is 31.4. The van der Waals surface area contributed by atoms with E-state index in [1.54, 1.807) is 56.8 Å². The van der Waals surface area contributed by atoms with Crippen molar-refractivity contribution in [3.05, 3.63) is 59.0 Å². The molecule has 2 aromatic carbocycles. The number of anilines is 1. The molecule has 5 nitrogen and oxygen atoms in total. The van der Waals surface area contributed by atoms with Crippen molar-refractivity contribution in [3.8, 4) is 17.0 Å². The number of esters is 1. The highest BCUT2D eigenvalue weighted by atomic mass is 32.2. The molecule has 0 saturated carbocycles. The van der Waals surface area contributed by atoms with Crippen LogP contribution < -0.4 is 10.1 Å². The largest absolute Gasteiger partial charge is 0.426 e. The van der Waals surface area contributed by atoms with Crippen molar-refractivity contribution in [2.75, 3.05) is 11.6 Å². The second-order valence-electron chi connectivity index (χ2n) is 7.77. The molecule has 0 saturated heterocycles. The van der Waals surface area contributed by atoms with Gasteiger partial charge in [0, 0.05) is 20.9 Å². The number of hydrogen-bond donors (Lipinski definition) is 1. The van der Waals surface area contributed by atoms with E-state index in [0.29, 0.717) is 16.4 Å². The lowest BCUT2D eigenvalue weighted by Gasteiger charge is -2.16. The van der Waals surface area contributed by atoms with E-state index in [1.165, 1.54) is 16.2 Å². The van der Waals surface area contributed by atoms with Gasteiger partial charge in [-0.25, -0.2) is 4.98 Å². The topological polar surface area (TPSA) is 68.3 Å². The molecule has 156 valence electrons. The summed E-state index contributed by atoms with van der Waals surface area (Å²) in [5.41, 5.74) is 1.76. The second-order valence-corrected chi connectivity index (χ2v) is 9.85. The predicted octanol–water partition coefficient (Wildman–Crippen LogP) is 6.04. The Bertz CT molecular complexity index is 1050. The summed E-state index contributed by atoms with van der Waals surface area (Å²) in [6.07, 6.45) is 2.04. The number of thiazole rings is 1. The molecular weight excluding hydrogens is 416 g/mol. The van der Waals surface area contributed by atoms with Crippen molar-refractivity contribution in [2.45, 2.75) is 32.6 Å². The number of aryl methyl sites for hydroxylation is 1. The minimum Gasteiger partial charge on any atom is -0.426 e. The number of nitrogens with zero attached hydrogens (tertiary/aromatic N) is 1. The number of carbonyl (C=O) groups is 2. The summed E-state index contributed by atoms with van der Waals surface area (Å²) in [5.74, 6) is -0.176. The molecule has 1 heterocycles. The summed E-state index contributed by atoms with van der Waals surface area (Å²) in [5, 5.41) is 3.40. The van der Waals surface area contributed by atoms with Crippen LogP contribution in [-0.4, -0.2) is 23.1 Å². The number of aromatic nitrogens is 1. The molecule has 0 fully saturated rings. The van der Waals surface area contributed by atoms with Crippen LogP contribution in [0.4, 0.5) is 5.13 Å². The Morgan fingerprint density at radius 1 is 1.03 bits per heavy atom. The molecule has 0 bridgehead atoms. The van der Waals surface area contributed by atoms with E-state index in [2.05, 4.69) is 22.4 Å². The monoisotopic (exact) mass is 440 g/mol. The zero-order valence-electron chi connectivity index (χ0n) is 17.6. The number of amides is 1. The van der Waals surface area contributed by atoms with Crippen molar-refractivity contribution >= 4 is 40.1 Å². The van der Waals surface area contributed by atoms with Crippen LogP contribution in [-0.2, 0) is 4.79 Å². The molecule has 0 atom stereocenters. The molecular formula is C23H24N2O3S2. The fourth-order valence-electron chi connectivity index (χ4n) is 2.57. The Labute approximate surface area is 184 Å². The average Bonchev–Trinajstić information content (AvgIpc) is 3.07. The molecule has 7 heteroatoms. The molecule has 0 aliphatic heterocycles. The number of thioether (sulfide) groups is 1. The van der Waals surface area contributed by atoms with E-state index >= 15 is 0 Å². The van der Waals surface area contributed by atoms with E-state index in [0.717, 1.165) is 16.1 Å². The summed E-state index contributed by atoms with van der Waals surface area (Å²) < 4.78 is 5.33. The van der Waals surface area contributed by atoms with Crippen LogP contribution >= 0.6 is 23.1 Å². The molecule has 0 radical (unpaired) electrons. The van der Waals surface area contributed by atoms with Gasteiger partial charge < -0.3 is 4.74 Å². The van der Waals surface area contributed by atoms with Crippen molar-refractivity contribution in [1.29, 1.82) is 0 Å². The first-order valence-electron chi connectivity index (χ1n) is 9.43. The lowest BCUT2D eigenvalue weighted by Crippen LogP contribution is -2.25. The number of rotatable bonds is 5. The molecule has 0 aliphatic rings. The van der Waals surface area contributed by atoms with Gasteiger partial charge in [0.05, 0.1) is 11.1 Å². The highest BCUT2D eigenvalue weighted by Crippen LogP contribution is 2.31. The van der Waals surface area contributed by atoms with Crippen molar-refractivity contribution in [3.63, 3.8) is 0 Å². The maximum absolute atomic E-state index is 12.6. The van der Waals surface area contributed by atoms with Crippen LogP contribution in [0.25, 0.3) is 11.3 Å². The third kappa shape index (κ3) is 5.29. The number of ether oxygens (including phenoxy) is 1. The van der Waals surface area contributed by atoms with Gasteiger partial charge in [-0.2, -0.15) is 0 Å². The number of nitrogens with one attached hydrogen (secondary N) is 1. The van der Waals surface area contributed by atoms with E-state index in [1.807, 2.05) is 25.3 Å². The molecule has 0 spiro atoms. The lowest BCUT2D eigenvalue weighted by molar-refractivity contribution is -0.142. The maximum atomic E-state index is 12.6. The fourth-order valence-corrected chi connectivity index (χ4v) is 3.81. The third-order valence-electron chi connectivity index (χ3n) is 4.32. The Kier molecular flexibility index (Phi) is 6.63. The highest BCUT2D eigenvalue weighted by Gasteiger charge is 2.23. The van der Waals surface area contributed by atoms with Gasteiger partial charge in [-0.05, 0) is 70.3 Å². The van der Waals surface area contributed by atoms with Crippen molar-refractivity contribution in [2.24, 2.45) is 5.41 Å². The van der Waals surface area contributed by atoms with E-state index in [9.17, 15) is 9.59 Å². The van der Waals surface area contributed by atoms with Crippen LogP contribution in [0.15, 0.2) is 53.4 Å². The number of carbonyl (C=O) groups excluding carboxylic acids is 2. The minimum absolute atomic E-state index is 0.262. The van der Waals surface area contributed by atoms with Crippen LogP contribution in [0.1, 0.15) is 36.0 Å². The molecule has 3 aromatic rings. The number of benzene rings is 2. The Balaban J connectivity index is 1.69. The van der Waals surface area contributed by atoms with Crippen LogP contribution in [0.5, 0.6) is 5.75 Å². The molecule has 1 aromatic heterocycles. The summed E-state index contributed by atoms with van der Waals surface area (Å²) in [6.45, 7) is 7.36. The van der Waals surface area contributed by atoms with Gasteiger partial charge in [-0.1, -0.05) is 12.1 Å². The smallest absolute Gasteiger partial charge is 0.316 e. The molecule has 1 amide bonds. The van der Waals surface area contributed by atoms with E-state index < -0.39 is 5.41 Å². The first-order valence-corrected chi connectivity index (χ1v) is 11.5. The second kappa shape index (κ2) is 9.02. The summed E-state index contributed by atoms with van der Waals surface area (Å²) in [6, 6.07) is 14.7. The molecule has 1 N–H and O–H groups in total.